The molecule has 0 aromatic carbocycles. The number of pyridine rings is 1. The fourth-order valence-corrected chi connectivity index (χ4v) is 2.88. The molecule has 18 heavy (non-hydrogen) atoms. The Balaban J connectivity index is 1.84. The first-order chi connectivity index (χ1) is 8.65. The first-order valence-electron chi connectivity index (χ1n) is 6.25. The van der Waals surface area contributed by atoms with E-state index in [2.05, 4.69) is 9.88 Å². The molecule has 1 unspecified atom stereocenters. The molecule has 3 rings (SSSR count). The van der Waals surface area contributed by atoms with Crippen LogP contribution in [0.5, 0.6) is 0 Å². The number of piperazine rings is 1. The second kappa shape index (κ2) is 4.35. The number of fused-ring (bicyclic) bond motifs is 1. The van der Waals surface area contributed by atoms with Gasteiger partial charge in [-0.3, -0.25) is 4.90 Å². The van der Waals surface area contributed by atoms with Crippen LogP contribution in [-0.2, 0) is 0 Å². The highest BCUT2D eigenvalue weighted by atomic mass is 19.1. The Hall–Kier alpha value is -1.43. The minimum atomic E-state index is -0.796. The lowest BCUT2D eigenvalue weighted by molar-refractivity contribution is 0.229. The molecule has 2 aliphatic heterocycles. The van der Waals surface area contributed by atoms with Crippen LogP contribution >= 0.6 is 0 Å². The molecule has 0 aliphatic carbocycles. The lowest BCUT2D eigenvalue weighted by Crippen LogP contribution is -2.50. The van der Waals surface area contributed by atoms with Crippen molar-refractivity contribution in [3.63, 3.8) is 0 Å². The van der Waals surface area contributed by atoms with Crippen LogP contribution in [0.15, 0.2) is 6.07 Å². The van der Waals surface area contributed by atoms with Crippen molar-refractivity contribution < 1.29 is 8.78 Å². The van der Waals surface area contributed by atoms with E-state index in [0.717, 1.165) is 32.1 Å². The van der Waals surface area contributed by atoms with Gasteiger partial charge in [0.05, 0.1) is 0 Å². The minimum Gasteiger partial charge on any atom is -0.381 e. The Morgan fingerprint density at radius 3 is 2.89 bits per heavy atom. The maximum atomic E-state index is 13.7. The molecule has 98 valence electrons. The first kappa shape index (κ1) is 11.6. The molecule has 6 heteroatoms. The fourth-order valence-electron chi connectivity index (χ4n) is 2.88. The SMILES string of the molecule is Nc1nc(N2CCN3CCCC3C2)c(F)cc1F. The third-order valence-corrected chi connectivity index (χ3v) is 3.82. The van der Waals surface area contributed by atoms with E-state index in [4.69, 9.17) is 5.73 Å². The van der Waals surface area contributed by atoms with Crippen LogP contribution in [0.3, 0.4) is 0 Å². The smallest absolute Gasteiger partial charge is 0.168 e. The van der Waals surface area contributed by atoms with E-state index in [1.807, 2.05) is 4.90 Å². The molecule has 1 atom stereocenters. The number of anilines is 2. The molecule has 0 bridgehead atoms. The van der Waals surface area contributed by atoms with Gasteiger partial charge in [-0.05, 0) is 19.4 Å². The van der Waals surface area contributed by atoms with Crippen LogP contribution in [-0.4, -0.2) is 42.1 Å². The number of rotatable bonds is 1. The second-order valence-corrected chi connectivity index (χ2v) is 4.94. The van der Waals surface area contributed by atoms with Crippen LogP contribution in [0, 0.1) is 11.6 Å². The van der Waals surface area contributed by atoms with Crippen molar-refractivity contribution in [2.75, 3.05) is 36.8 Å². The summed E-state index contributed by atoms with van der Waals surface area (Å²) in [4.78, 5) is 8.14. The maximum Gasteiger partial charge on any atom is 0.168 e. The van der Waals surface area contributed by atoms with E-state index in [1.165, 1.54) is 6.42 Å². The minimum absolute atomic E-state index is 0.181. The lowest BCUT2D eigenvalue weighted by atomic mass is 10.1. The fraction of sp³-hybridized carbons (Fsp3) is 0.583. The summed E-state index contributed by atoms with van der Waals surface area (Å²) in [5, 5.41) is 0. The van der Waals surface area contributed by atoms with Crippen molar-refractivity contribution in [1.29, 1.82) is 0 Å². The van der Waals surface area contributed by atoms with Crippen LogP contribution in [0.1, 0.15) is 12.8 Å². The Morgan fingerprint density at radius 1 is 1.22 bits per heavy atom. The molecule has 0 radical (unpaired) electrons. The highest BCUT2D eigenvalue weighted by Crippen LogP contribution is 2.27. The summed E-state index contributed by atoms with van der Waals surface area (Å²) < 4.78 is 26.8. The molecule has 4 nitrogen and oxygen atoms in total. The summed E-state index contributed by atoms with van der Waals surface area (Å²) in [6.07, 6.45) is 2.33. The predicted octanol–water partition coefficient (Wildman–Crippen LogP) is 1.23. The molecule has 1 aromatic rings. The van der Waals surface area contributed by atoms with E-state index in [9.17, 15) is 8.78 Å². The Kier molecular flexibility index (Phi) is 2.81. The molecule has 0 spiro atoms. The van der Waals surface area contributed by atoms with Crippen LogP contribution in [0.4, 0.5) is 20.4 Å². The summed E-state index contributed by atoms with van der Waals surface area (Å²) in [5.41, 5.74) is 5.41. The van der Waals surface area contributed by atoms with Crippen molar-refractivity contribution in [1.82, 2.24) is 9.88 Å². The summed E-state index contributed by atoms with van der Waals surface area (Å²) in [5.74, 6) is -1.48. The summed E-state index contributed by atoms with van der Waals surface area (Å²) >= 11 is 0. The van der Waals surface area contributed by atoms with E-state index >= 15 is 0 Å². The Labute approximate surface area is 104 Å². The molecule has 0 saturated carbocycles. The molecule has 0 amide bonds. The molecular weight excluding hydrogens is 238 g/mol. The van der Waals surface area contributed by atoms with E-state index in [1.54, 1.807) is 0 Å². The van der Waals surface area contributed by atoms with Crippen LogP contribution < -0.4 is 10.6 Å². The topological polar surface area (TPSA) is 45.4 Å². The zero-order valence-electron chi connectivity index (χ0n) is 10.1. The normalized spacial score (nSPS) is 24.3. The molecule has 1 aromatic heterocycles. The van der Waals surface area contributed by atoms with Gasteiger partial charge in [-0.1, -0.05) is 0 Å². The van der Waals surface area contributed by atoms with Crippen LogP contribution in [0.2, 0.25) is 0 Å². The van der Waals surface area contributed by atoms with Gasteiger partial charge < -0.3 is 10.6 Å². The van der Waals surface area contributed by atoms with Gasteiger partial charge >= 0.3 is 0 Å². The third-order valence-electron chi connectivity index (χ3n) is 3.82. The number of hydrogen-bond acceptors (Lipinski definition) is 4. The van der Waals surface area contributed by atoms with Crippen molar-refractivity contribution in [2.24, 2.45) is 0 Å². The van der Waals surface area contributed by atoms with Crippen molar-refractivity contribution >= 4 is 11.6 Å². The number of nitrogens with two attached hydrogens (primary N) is 1. The van der Waals surface area contributed by atoms with Gasteiger partial charge in [0.2, 0.25) is 0 Å². The quantitative estimate of drug-likeness (QED) is 0.818. The second-order valence-electron chi connectivity index (χ2n) is 4.94. The van der Waals surface area contributed by atoms with Crippen LogP contribution in [0.25, 0.3) is 0 Å². The molecule has 2 fully saturated rings. The summed E-state index contributed by atoms with van der Waals surface area (Å²) in [7, 11) is 0. The Morgan fingerprint density at radius 2 is 2.06 bits per heavy atom. The number of nitrogens with zero attached hydrogens (tertiary/aromatic N) is 3. The van der Waals surface area contributed by atoms with Gasteiger partial charge in [-0.2, -0.15) is 0 Å². The number of aromatic nitrogens is 1. The van der Waals surface area contributed by atoms with Gasteiger partial charge in [0.25, 0.3) is 0 Å². The average Bonchev–Trinajstić information content (AvgIpc) is 2.80. The molecule has 2 N–H and O–H groups in total. The highest BCUT2D eigenvalue weighted by Gasteiger charge is 2.32. The predicted molar refractivity (Wildman–Crippen MR) is 65.4 cm³/mol. The lowest BCUT2D eigenvalue weighted by Gasteiger charge is -2.38. The molecule has 3 heterocycles. The number of hydrogen-bond donors (Lipinski definition) is 1. The molecule has 2 aliphatic rings. The van der Waals surface area contributed by atoms with Crippen molar-refractivity contribution in [3.05, 3.63) is 17.7 Å². The van der Waals surface area contributed by atoms with Gasteiger partial charge in [0.1, 0.15) is 0 Å². The zero-order valence-corrected chi connectivity index (χ0v) is 10.1. The van der Waals surface area contributed by atoms with Crippen molar-refractivity contribution in [2.45, 2.75) is 18.9 Å². The largest absolute Gasteiger partial charge is 0.381 e. The summed E-state index contributed by atoms with van der Waals surface area (Å²) in [6.45, 7) is 3.49. The third kappa shape index (κ3) is 1.90. The van der Waals surface area contributed by atoms with E-state index in [-0.39, 0.29) is 11.6 Å². The Bertz CT molecular complexity index is 466. The zero-order chi connectivity index (χ0) is 12.7. The molecular formula is C12H16F2N4. The highest BCUT2D eigenvalue weighted by molar-refractivity contribution is 5.47. The standard InChI is InChI=1S/C12H16F2N4/c13-9-6-10(14)12(16-11(9)15)18-5-4-17-3-1-2-8(17)7-18/h6,8H,1-5,7H2,(H2,15,16). The van der Waals surface area contributed by atoms with E-state index < -0.39 is 11.6 Å². The number of halogens is 2. The van der Waals surface area contributed by atoms with E-state index in [0.29, 0.717) is 12.6 Å². The average molecular weight is 254 g/mol. The van der Waals surface area contributed by atoms with Gasteiger partial charge in [-0.15, -0.1) is 0 Å². The maximum absolute atomic E-state index is 13.7. The van der Waals surface area contributed by atoms with Gasteiger partial charge in [-0.25, -0.2) is 13.8 Å². The first-order valence-corrected chi connectivity index (χ1v) is 6.25. The van der Waals surface area contributed by atoms with Crippen molar-refractivity contribution in [3.8, 4) is 0 Å². The monoisotopic (exact) mass is 254 g/mol. The summed E-state index contributed by atoms with van der Waals surface area (Å²) in [6, 6.07) is 1.28. The van der Waals surface area contributed by atoms with Gasteiger partial charge in [0, 0.05) is 31.7 Å². The van der Waals surface area contributed by atoms with Gasteiger partial charge in [0.15, 0.2) is 23.3 Å². The number of nitrogen functional groups attached to an aromatic ring is 1. The molecule has 2 saturated heterocycles.